The van der Waals surface area contributed by atoms with Crippen molar-refractivity contribution in [3.63, 3.8) is 0 Å². The van der Waals surface area contributed by atoms with E-state index in [0.29, 0.717) is 24.5 Å². The molecular formula is C11H17N3O. The molecule has 1 aromatic rings. The van der Waals surface area contributed by atoms with Crippen LogP contribution in [0.5, 0.6) is 0 Å². The summed E-state index contributed by atoms with van der Waals surface area (Å²) >= 11 is 0. The SMILES string of the molecule is OCC1CCC(Nc2ncccn2)CC1. The van der Waals surface area contributed by atoms with Crippen molar-refractivity contribution in [3.05, 3.63) is 18.5 Å². The number of aliphatic hydroxyl groups excluding tert-OH is 1. The largest absolute Gasteiger partial charge is 0.396 e. The maximum Gasteiger partial charge on any atom is 0.222 e. The highest BCUT2D eigenvalue weighted by atomic mass is 16.3. The van der Waals surface area contributed by atoms with Crippen molar-refractivity contribution in [2.45, 2.75) is 31.7 Å². The van der Waals surface area contributed by atoms with Crippen LogP contribution in [0.25, 0.3) is 0 Å². The zero-order valence-corrected chi connectivity index (χ0v) is 8.76. The first-order valence-corrected chi connectivity index (χ1v) is 5.53. The summed E-state index contributed by atoms with van der Waals surface area (Å²) in [6.45, 7) is 0.328. The fourth-order valence-electron chi connectivity index (χ4n) is 2.05. The quantitative estimate of drug-likeness (QED) is 0.787. The minimum Gasteiger partial charge on any atom is -0.396 e. The Kier molecular flexibility index (Phi) is 3.50. The molecule has 82 valence electrons. The third kappa shape index (κ3) is 2.89. The first kappa shape index (κ1) is 10.4. The van der Waals surface area contributed by atoms with E-state index < -0.39 is 0 Å². The Morgan fingerprint density at radius 2 is 1.87 bits per heavy atom. The second-order valence-electron chi connectivity index (χ2n) is 4.12. The first-order valence-electron chi connectivity index (χ1n) is 5.53. The molecule has 2 rings (SSSR count). The maximum absolute atomic E-state index is 9.02. The molecule has 4 heteroatoms. The number of aliphatic hydroxyl groups is 1. The van der Waals surface area contributed by atoms with Crippen LogP contribution in [-0.2, 0) is 0 Å². The van der Waals surface area contributed by atoms with Gasteiger partial charge in [0.15, 0.2) is 0 Å². The number of rotatable bonds is 3. The van der Waals surface area contributed by atoms with Crippen molar-refractivity contribution in [3.8, 4) is 0 Å². The van der Waals surface area contributed by atoms with Crippen molar-refractivity contribution in [1.29, 1.82) is 0 Å². The van der Waals surface area contributed by atoms with Crippen molar-refractivity contribution < 1.29 is 5.11 Å². The Morgan fingerprint density at radius 3 is 2.47 bits per heavy atom. The van der Waals surface area contributed by atoms with Crippen molar-refractivity contribution in [2.24, 2.45) is 5.92 Å². The average molecular weight is 207 g/mol. The normalized spacial score (nSPS) is 26.2. The van der Waals surface area contributed by atoms with Crippen LogP contribution in [0.2, 0.25) is 0 Å². The lowest BCUT2D eigenvalue weighted by atomic mass is 9.87. The molecule has 1 heterocycles. The van der Waals surface area contributed by atoms with Crippen LogP contribution in [0.3, 0.4) is 0 Å². The summed E-state index contributed by atoms with van der Waals surface area (Å²) in [6.07, 6.45) is 7.89. The van der Waals surface area contributed by atoms with Gasteiger partial charge in [-0.25, -0.2) is 9.97 Å². The van der Waals surface area contributed by atoms with E-state index >= 15 is 0 Å². The highest BCUT2D eigenvalue weighted by molar-refractivity contribution is 5.24. The molecule has 0 bridgehead atoms. The standard InChI is InChI=1S/C11H17N3O/c15-8-9-2-4-10(5-3-9)14-11-12-6-1-7-13-11/h1,6-7,9-10,15H,2-5,8H2,(H,12,13,14). The number of nitrogens with zero attached hydrogens (tertiary/aromatic N) is 2. The highest BCUT2D eigenvalue weighted by Gasteiger charge is 2.20. The van der Waals surface area contributed by atoms with Gasteiger partial charge in [-0.05, 0) is 37.7 Å². The lowest BCUT2D eigenvalue weighted by Crippen LogP contribution is -2.28. The average Bonchev–Trinajstić information content (AvgIpc) is 2.31. The fourth-order valence-corrected chi connectivity index (χ4v) is 2.05. The Morgan fingerprint density at radius 1 is 1.20 bits per heavy atom. The second-order valence-corrected chi connectivity index (χ2v) is 4.12. The van der Waals surface area contributed by atoms with Crippen molar-refractivity contribution in [2.75, 3.05) is 11.9 Å². The first-order chi connectivity index (χ1) is 7.38. The predicted octanol–water partition coefficient (Wildman–Crippen LogP) is 1.44. The fraction of sp³-hybridized carbons (Fsp3) is 0.636. The molecule has 0 atom stereocenters. The molecule has 0 aliphatic heterocycles. The number of aromatic nitrogens is 2. The third-order valence-corrected chi connectivity index (χ3v) is 3.00. The van der Waals surface area contributed by atoms with Crippen molar-refractivity contribution >= 4 is 5.95 Å². The monoisotopic (exact) mass is 207 g/mol. The zero-order valence-electron chi connectivity index (χ0n) is 8.76. The molecule has 1 saturated carbocycles. The second kappa shape index (κ2) is 5.07. The summed E-state index contributed by atoms with van der Waals surface area (Å²) in [6, 6.07) is 2.28. The topological polar surface area (TPSA) is 58.0 Å². The molecular weight excluding hydrogens is 190 g/mol. The van der Waals surface area contributed by atoms with Gasteiger partial charge >= 0.3 is 0 Å². The van der Waals surface area contributed by atoms with Crippen LogP contribution in [0.1, 0.15) is 25.7 Å². The summed E-state index contributed by atoms with van der Waals surface area (Å²) < 4.78 is 0. The van der Waals surface area contributed by atoms with Gasteiger partial charge in [0.1, 0.15) is 0 Å². The molecule has 1 fully saturated rings. The summed E-state index contributed by atoms with van der Waals surface area (Å²) in [5.74, 6) is 1.21. The Hall–Kier alpha value is -1.16. The number of anilines is 1. The summed E-state index contributed by atoms with van der Waals surface area (Å²) in [5.41, 5.74) is 0. The molecule has 1 aliphatic carbocycles. The molecule has 0 saturated heterocycles. The Labute approximate surface area is 89.8 Å². The van der Waals surface area contributed by atoms with Crippen LogP contribution in [0.4, 0.5) is 5.95 Å². The molecule has 0 spiro atoms. The number of nitrogens with one attached hydrogen (secondary N) is 1. The van der Waals surface area contributed by atoms with E-state index in [2.05, 4.69) is 15.3 Å². The number of hydrogen-bond acceptors (Lipinski definition) is 4. The van der Waals surface area contributed by atoms with Gasteiger partial charge in [0.2, 0.25) is 5.95 Å². The Balaban J connectivity index is 1.82. The third-order valence-electron chi connectivity index (χ3n) is 3.00. The summed E-state index contributed by atoms with van der Waals surface area (Å²) in [7, 11) is 0. The molecule has 0 radical (unpaired) electrons. The van der Waals surface area contributed by atoms with Crippen LogP contribution in [-0.4, -0.2) is 27.7 Å². The van der Waals surface area contributed by atoms with Crippen LogP contribution < -0.4 is 5.32 Å². The van der Waals surface area contributed by atoms with Crippen LogP contribution in [0.15, 0.2) is 18.5 Å². The molecule has 15 heavy (non-hydrogen) atoms. The minimum absolute atomic E-state index is 0.328. The van der Waals surface area contributed by atoms with E-state index in [1.807, 2.05) is 6.07 Å². The van der Waals surface area contributed by atoms with Crippen LogP contribution >= 0.6 is 0 Å². The molecule has 0 unspecified atom stereocenters. The molecule has 2 N–H and O–H groups in total. The smallest absolute Gasteiger partial charge is 0.222 e. The van der Waals surface area contributed by atoms with E-state index in [1.54, 1.807) is 12.4 Å². The van der Waals surface area contributed by atoms with Gasteiger partial charge in [0, 0.05) is 25.0 Å². The van der Waals surface area contributed by atoms with Gasteiger partial charge < -0.3 is 10.4 Å². The van der Waals surface area contributed by atoms with E-state index in [1.165, 1.54) is 0 Å². The summed E-state index contributed by atoms with van der Waals surface area (Å²) in [5, 5.41) is 12.3. The van der Waals surface area contributed by atoms with E-state index in [0.717, 1.165) is 25.7 Å². The minimum atomic E-state index is 0.328. The summed E-state index contributed by atoms with van der Waals surface area (Å²) in [4.78, 5) is 8.28. The van der Waals surface area contributed by atoms with E-state index in [9.17, 15) is 0 Å². The highest BCUT2D eigenvalue weighted by Crippen LogP contribution is 2.25. The van der Waals surface area contributed by atoms with Gasteiger partial charge in [-0.15, -0.1) is 0 Å². The lowest BCUT2D eigenvalue weighted by Gasteiger charge is -2.27. The molecule has 4 nitrogen and oxygen atoms in total. The van der Waals surface area contributed by atoms with Gasteiger partial charge in [-0.1, -0.05) is 0 Å². The molecule has 1 aliphatic rings. The van der Waals surface area contributed by atoms with E-state index in [-0.39, 0.29) is 0 Å². The van der Waals surface area contributed by atoms with Crippen LogP contribution in [0, 0.1) is 5.92 Å². The molecule has 1 aromatic heterocycles. The molecule has 0 aromatic carbocycles. The number of hydrogen-bond donors (Lipinski definition) is 2. The van der Waals surface area contributed by atoms with Crippen molar-refractivity contribution in [1.82, 2.24) is 9.97 Å². The van der Waals surface area contributed by atoms with Gasteiger partial charge in [0.25, 0.3) is 0 Å². The van der Waals surface area contributed by atoms with E-state index in [4.69, 9.17) is 5.11 Å². The molecule has 0 amide bonds. The zero-order chi connectivity index (χ0) is 10.5. The maximum atomic E-state index is 9.02. The lowest BCUT2D eigenvalue weighted by molar-refractivity contribution is 0.185. The Bertz CT molecular complexity index is 283. The predicted molar refractivity (Wildman–Crippen MR) is 58.5 cm³/mol. The van der Waals surface area contributed by atoms with Gasteiger partial charge in [-0.3, -0.25) is 0 Å². The van der Waals surface area contributed by atoms with Gasteiger partial charge in [0.05, 0.1) is 0 Å². The van der Waals surface area contributed by atoms with Gasteiger partial charge in [-0.2, -0.15) is 0 Å².